The molecule has 0 bridgehead atoms. The van der Waals surface area contributed by atoms with Crippen LogP contribution in [0.15, 0.2) is 30.6 Å². The average molecular weight is 261 g/mol. The predicted molar refractivity (Wildman–Crippen MR) is 77.2 cm³/mol. The van der Waals surface area contributed by atoms with E-state index in [2.05, 4.69) is 30.3 Å². The number of ether oxygens (including phenoxy) is 1. The molecule has 0 atom stereocenters. The molecule has 0 aliphatic rings. The highest BCUT2D eigenvalue weighted by atomic mass is 16.5. The first-order valence-corrected chi connectivity index (χ1v) is 6.97. The second-order valence-corrected chi connectivity index (χ2v) is 5.20. The number of hydrogen-bond donors (Lipinski definition) is 1. The molecule has 0 aliphatic carbocycles. The molecule has 2 heterocycles. The van der Waals surface area contributed by atoms with Crippen LogP contribution in [0.2, 0.25) is 0 Å². The molecular formula is C15H23N3O. The molecule has 1 N–H and O–H groups in total. The van der Waals surface area contributed by atoms with Crippen molar-refractivity contribution in [2.75, 3.05) is 19.8 Å². The van der Waals surface area contributed by atoms with Crippen molar-refractivity contribution < 1.29 is 4.74 Å². The van der Waals surface area contributed by atoms with Crippen LogP contribution in [0.5, 0.6) is 0 Å². The number of hydrogen-bond acceptors (Lipinski definition) is 3. The molecule has 4 heteroatoms. The highest BCUT2D eigenvalue weighted by Gasteiger charge is 2.01. The molecule has 0 saturated carbocycles. The van der Waals surface area contributed by atoms with Gasteiger partial charge >= 0.3 is 0 Å². The summed E-state index contributed by atoms with van der Waals surface area (Å²) in [6.07, 6.45) is 4.95. The van der Waals surface area contributed by atoms with Gasteiger partial charge in [0.25, 0.3) is 0 Å². The topological polar surface area (TPSA) is 38.6 Å². The van der Waals surface area contributed by atoms with Crippen LogP contribution in [0.1, 0.15) is 25.8 Å². The fraction of sp³-hybridized carbons (Fsp3) is 0.533. The zero-order chi connectivity index (χ0) is 13.5. The summed E-state index contributed by atoms with van der Waals surface area (Å²) in [4.78, 5) is 0. The molecular weight excluding hydrogens is 238 g/mol. The zero-order valence-corrected chi connectivity index (χ0v) is 11.8. The highest BCUT2D eigenvalue weighted by molar-refractivity contribution is 5.53. The molecule has 0 saturated heterocycles. The van der Waals surface area contributed by atoms with Crippen molar-refractivity contribution in [3.8, 4) is 0 Å². The van der Waals surface area contributed by atoms with Gasteiger partial charge in [-0.1, -0.05) is 19.9 Å². The van der Waals surface area contributed by atoms with E-state index >= 15 is 0 Å². The molecule has 2 aromatic rings. The minimum atomic E-state index is 0.617. The standard InChI is InChI=1S/C15H23N3O/c1-13(2)12-19-9-5-7-16-10-14-11-17-18-8-4-3-6-15(14)18/h3-4,6,8,11,13,16H,5,7,9-10,12H2,1-2H3. The number of rotatable bonds is 8. The van der Waals surface area contributed by atoms with Crippen LogP contribution in [0, 0.1) is 5.92 Å². The van der Waals surface area contributed by atoms with Gasteiger partial charge in [0.1, 0.15) is 0 Å². The smallest absolute Gasteiger partial charge is 0.0706 e. The third-order valence-corrected chi connectivity index (χ3v) is 2.92. The molecule has 0 aromatic carbocycles. The van der Waals surface area contributed by atoms with E-state index < -0.39 is 0 Å². The summed E-state index contributed by atoms with van der Waals surface area (Å²) in [7, 11) is 0. The first-order chi connectivity index (χ1) is 9.27. The van der Waals surface area contributed by atoms with Crippen molar-refractivity contribution in [3.63, 3.8) is 0 Å². The van der Waals surface area contributed by atoms with Gasteiger partial charge in [-0.05, 0) is 31.0 Å². The van der Waals surface area contributed by atoms with E-state index in [4.69, 9.17) is 4.74 Å². The van der Waals surface area contributed by atoms with Crippen molar-refractivity contribution in [1.82, 2.24) is 14.9 Å². The Balaban J connectivity index is 1.66. The van der Waals surface area contributed by atoms with Gasteiger partial charge in [0.15, 0.2) is 0 Å². The molecule has 19 heavy (non-hydrogen) atoms. The highest BCUT2D eigenvalue weighted by Crippen LogP contribution is 2.09. The van der Waals surface area contributed by atoms with Crippen molar-refractivity contribution in [2.45, 2.75) is 26.8 Å². The van der Waals surface area contributed by atoms with Crippen LogP contribution < -0.4 is 5.32 Å². The Bertz CT molecular complexity index is 493. The lowest BCUT2D eigenvalue weighted by Gasteiger charge is -2.07. The number of pyridine rings is 1. The van der Waals surface area contributed by atoms with Crippen LogP contribution in [-0.4, -0.2) is 29.4 Å². The van der Waals surface area contributed by atoms with Gasteiger partial charge in [-0.2, -0.15) is 5.10 Å². The van der Waals surface area contributed by atoms with Gasteiger partial charge in [0.05, 0.1) is 11.7 Å². The minimum absolute atomic E-state index is 0.617. The normalized spacial score (nSPS) is 11.5. The van der Waals surface area contributed by atoms with Gasteiger partial charge in [-0.15, -0.1) is 0 Å². The molecule has 0 unspecified atom stereocenters. The van der Waals surface area contributed by atoms with Crippen molar-refractivity contribution in [3.05, 3.63) is 36.2 Å². The lowest BCUT2D eigenvalue weighted by atomic mass is 10.2. The van der Waals surface area contributed by atoms with Crippen LogP contribution in [0.3, 0.4) is 0 Å². The Hall–Kier alpha value is -1.39. The Kier molecular flexibility index (Phi) is 5.36. The lowest BCUT2D eigenvalue weighted by Crippen LogP contribution is -2.16. The first kappa shape index (κ1) is 14.0. The van der Waals surface area contributed by atoms with Gasteiger partial charge in [0.2, 0.25) is 0 Å². The van der Waals surface area contributed by atoms with Gasteiger partial charge < -0.3 is 10.1 Å². The summed E-state index contributed by atoms with van der Waals surface area (Å²) in [6, 6.07) is 6.12. The Labute approximate surface area is 114 Å². The first-order valence-electron chi connectivity index (χ1n) is 6.97. The van der Waals surface area contributed by atoms with E-state index in [1.807, 2.05) is 29.0 Å². The summed E-state index contributed by atoms with van der Waals surface area (Å²) >= 11 is 0. The molecule has 0 aliphatic heterocycles. The maximum atomic E-state index is 5.55. The third kappa shape index (κ3) is 4.33. The van der Waals surface area contributed by atoms with E-state index in [-0.39, 0.29) is 0 Å². The monoisotopic (exact) mass is 261 g/mol. The summed E-state index contributed by atoms with van der Waals surface area (Å²) < 4.78 is 7.45. The maximum absolute atomic E-state index is 5.55. The number of nitrogens with one attached hydrogen (secondary N) is 1. The van der Waals surface area contributed by atoms with Crippen molar-refractivity contribution >= 4 is 5.52 Å². The lowest BCUT2D eigenvalue weighted by molar-refractivity contribution is 0.108. The molecule has 4 nitrogen and oxygen atoms in total. The van der Waals surface area contributed by atoms with Crippen molar-refractivity contribution in [1.29, 1.82) is 0 Å². The summed E-state index contributed by atoms with van der Waals surface area (Å²) in [6.45, 7) is 7.86. The van der Waals surface area contributed by atoms with Gasteiger partial charge in [-0.3, -0.25) is 0 Å². The van der Waals surface area contributed by atoms with Crippen LogP contribution >= 0.6 is 0 Å². The fourth-order valence-corrected chi connectivity index (χ4v) is 1.97. The predicted octanol–water partition coefficient (Wildman–Crippen LogP) is 2.49. The summed E-state index contributed by atoms with van der Waals surface area (Å²) in [5.41, 5.74) is 2.41. The molecule has 2 rings (SSSR count). The molecule has 0 fully saturated rings. The van der Waals surface area contributed by atoms with E-state index in [9.17, 15) is 0 Å². The third-order valence-electron chi connectivity index (χ3n) is 2.92. The van der Waals surface area contributed by atoms with Crippen LogP contribution in [0.25, 0.3) is 5.52 Å². The van der Waals surface area contributed by atoms with E-state index in [1.54, 1.807) is 0 Å². The molecule has 104 valence electrons. The Morgan fingerprint density at radius 1 is 1.37 bits per heavy atom. The molecule has 2 aromatic heterocycles. The number of aromatic nitrogens is 2. The number of fused-ring (bicyclic) bond motifs is 1. The molecule has 0 radical (unpaired) electrons. The Morgan fingerprint density at radius 3 is 3.11 bits per heavy atom. The Morgan fingerprint density at radius 2 is 2.26 bits per heavy atom. The van der Waals surface area contributed by atoms with Crippen LogP contribution in [0.4, 0.5) is 0 Å². The van der Waals surface area contributed by atoms with Gasteiger partial charge in [0, 0.05) is 31.5 Å². The molecule has 0 amide bonds. The number of nitrogens with zero attached hydrogens (tertiary/aromatic N) is 2. The second kappa shape index (κ2) is 7.26. The van der Waals surface area contributed by atoms with E-state index in [0.717, 1.165) is 32.7 Å². The van der Waals surface area contributed by atoms with E-state index in [0.29, 0.717) is 5.92 Å². The largest absolute Gasteiger partial charge is 0.381 e. The average Bonchev–Trinajstić information content (AvgIpc) is 2.81. The molecule has 0 spiro atoms. The van der Waals surface area contributed by atoms with Crippen LogP contribution in [-0.2, 0) is 11.3 Å². The second-order valence-electron chi connectivity index (χ2n) is 5.20. The quantitative estimate of drug-likeness (QED) is 0.742. The van der Waals surface area contributed by atoms with Gasteiger partial charge in [-0.25, -0.2) is 4.52 Å². The SMILES string of the molecule is CC(C)COCCCNCc1cnn2ccccc12. The minimum Gasteiger partial charge on any atom is -0.381 e. The fourth-order valence-electron chi connectivity index (χ4n) is 1.97. The summed E-state index contributed by atoms with van der Waals surface area (Å²) in [5, 5.41) is 7.75. The van der Waals surface area contributed by atoms with Crippen molar-refractivity contribution in [2.24, 2.45) is 5.92 Å². The zero-order valence-electron chi connectivity index (χ0n) is 11.8. The maximum Gasteiger partial charge on any atom is 0.0706 e. The summed E-state index contributed by atoms with van der Waals surface area (Å²) in [5.74, 6) is 0.617. The van der Waals surface area contributed by atoms with E-state index in [1.165, 1.54) is 11.1 Å².